The van der Waals surface area contributed by atoms with Gasteiger partial charge in [0.05, 0.1) is 16.3 Å². The van der Waals surface area contributed by atoms with Crippen molar-refractivity contribution < 1.29 is 17.9 Å². The summed E-state index contributed by atoms with van der Waals surface area (Å²) in [4.78, 5) is 1.97. The summed E-state index contributed by atoms with van der Waals surface area (Å²) in [6, 6.07) is 13.5. The van der Waals surface area contributed by atoms with Gasteiger partial charge in [0.15, 0.2) is 0 Å². The molecule has 1 N–H and O–H groups in total. The lowest BCUT2D eigenvalue weighted by molar-refractivity contribution is 0.473. The van der Waals surface area contributed by atoms with E-state index >= 15 is 0 Å². The van der Waals surface area contributed by atoms with Crippen molar-refractivity contribution >= 4 is 27.1 Å². The second kappa shape index (κ2) is 4.88. The summed E-state index contributed by atoms with van der Waals surface area (Å²) in [6.07, 6.45) is 0. The Labute approximate surface area is 139 Å². The number of aryl methyl sites for hydroxylation is 2. The van der Waals surface area contributed by atoms with Crippen molar-refractivity contribution in [2.75, 3.05) is 4.90 Å². The number of furan rings is 1. The molecule has 122 valence electrons. The maximum atomic E-state index is 13.0. The van der Waals surface area contributed by atoms with Crippen LogP contribution in [-0.2, 0) is 9.84 Å². The second-order valence-electron chi connectivity index (χ2n) is 5.83. The van der Waals surface area contributed by atoms with E-state index in [1.165, 1.54) is 6.07 Å². The number of para-hydroxylation sites is 2. The summed E-state index contributed by atoms with van der Waals surface area (Å²) in [5.74, 6) is 0.738. The average Bonchev–Trinajstić information content (AvgIpc) is 2.93. The predicted molar refractivity (Wildman–Crippen MR) is 90.0 cm³/mol. The van der Waals surface area contributed by atoms with Crippen LogP contribution < -0.4 is 4.90 Å². The van der Waals surface area contributed by atoms with Gasteiger partial charge < -0.3 is 9.52 Å². The molecule has 0 saturated heterocycles. The Bertz CT molecular complexity index is 1070. The van der Waals surface area contributed by atoms with Crippen LogP contribution in [-0.4, -0.2) is 13.5 Å². The van der Waals surface area contributed by atoms with E-state index in [2.05, 4.69) is 0 Å². The van der Waals surface area contributed by atoms with E-state index in [1.54, 1.807) is 48.2 Å². The molecule has 3 aromatic rings. The molecule has 5 nitrogen and oxygen atoms in total. The van der Waals surface area contributed by atoms with E-state index in [-0.39, 0.29) is 21.4 Å². The number of aromatic hydroxyl groups is 1. The molecule has 24 heavy (non-hydrogen) atoms. The van der Waals surface area contributed by atoms with Gasteiger partial charge >= 0.3 is 0 Å². The average molecular weight is 341 g/mol. The molecule has 1 aromatic heterocycles. The third-order valence-electron chi connectivity index (χ3n) is 4.06. The summed E-state index contributed by atoms with van der Waals surface area (Å²) in [6.45, 7) is 3.54. The molecule has 0 aliphatic carbocycles. The highest BCUT2D eigenvalue weighted by atomic mass is 32.2. The normalized spacial score (nSPS) is 15.0. The molecule has 0 atom stereocenters. The van der Waals surface area contributed by atoms with E-state index in [4.69, 9.17) is 4.42 Å². The first-order valence-corrected chi connectivity index (χ1v) is 8.92. The van der Waals surface area contributed by atoms with Gasteiger partial charge in [-0.15, -0.1) is 0 Å². The van der Waals surface area contributed by atoms with E-state index in [9.17, 15) is 13.5 Å². The van der Waals surface area contributed by atoms with Crippen LogP contribution in [0.2, 0.25) is 0 Å². The molecule has 0 spiro atoms. The first-order chi connectivity index (χ1) is 11.4. The van der Waals surface area contributed by atoms with Crippen LogP contribution in [0.1, 0.15) is 11.3 Å². The maximum absolute atomic E-state index is 13.0. The summed E-state index contributed by atoms with van der Waals surface area (Å²) in [7, 11) is -3.67. The lowest BCUT2D eigenvalue weighted by Gasteiger charge is -2.30. The molecule has 4 rings (SSSR count). The SMILES string of the molecule is Cc1ccc2c(c1)S(=O)(=O)c1cc(C)oc1N2c1ccccc1O. The molecule has 0 amide bonds. The van der Waals surface area contributed by atoms with Crippen LogP contribution in [0.5, 0.6) is 5.75 Å². The summed E-state index contributed by atoms with van der Waals surface area (Å²) >= 11 is 0. The van der Waals surface area contributed by atoms with Crippen molar-refractivity contribution in [2.45, 2.75) is 23.6 Å². The fourth-order valence-electron chi connectivity index (χ4n) is 2.97. The maximum Gasteiger partial charge on any atom is 0.224 e. The molecule has 0 unspecified atom stereocenters. The van der Waals surface area contributed by atoms with Gasteiger partial charge in [0.25, 0.3) is 0 Å². The lowest BCUT2D eigenvalue weighted by atomic mass is 10.2. The highest BCUT2D eigenvalue weighted by Crippen LogP contribution is 2.51. The topological polar surface area (TPSA) is 70.8 Å². The summed E-state index contributed by atoms with van der Waals surface area (Å²) in [5, 5.41) is 10.3. The third kappa shape index (κ3) is 1.96. The van der Waals surface area contributed by atoms with Gasteiger partial charge in [-0.25, -0.2) is 8.42 Å². The molecule has 0 saturated carbocycles. The molecule has 6 heteroatoms. The first kappa shape index (κ1) is 14.8. The van der Waals surface area contributed by atoms with Crippen LogP contribution in [0.3, 0.4) is 0 Å². The van der Waals surface area contributed by atoms with Crippen LogP contribution in [0.25, 0.3) is 0 Å². The Kier molecular flexibility index (Phi) is 3.02. The second-order valence-corrected chi connectivity index (χ2v) is 7.71. The first-order valence-electron chi connectivity index (χ1n) is 7.44. The van der Waals surface area contributed by atoms with Crippen LogP contribution in [0.4, 0.5) is 17.3 Å². The van der Waals surface area contributed by atoms with Crippen molar-refractivity contribution in [3.8, 4) is 5.75 Å². The minimum Gasteiger partial charge on any atom is -0.506 e. The van der Waals surface area contributed by atoms with Crippen molar-refractivity contribution in [2.24, 2.45) is 0 Å². The van der Waals surface area contributed by atoms with Gasteiger partial charge in [-0.2, -0.15) is 0 Å². The van der Waals surface area contributed by atoms with Gasteiger partial charge in [0, 0.05) is 6.07 Å². The number of fused-ring (bicyclic) bond motifs is 2. The number of hydrogen-bond acceptors (Lipinski definition) is 5. The Morgan fingerprint density at radius 3 is 2.46 bits per heavy atom. The predicted octanol–water partition coefficient (Wildman–Crippen LogP) is 4.22. The van der Waals surface area contributed by atoms with Crippen molar-refractivity contribution in [3.05, 3.63) is 59.9 Å². The van der Waals surface area contributed by atoms with Crippen LogP contribution in [0, 0.1) is 13.8 Å². The molecular weight excluding hydrogens is 326 g/mol. The zero-order valence-corrected chi connectivity index (χ0v) is 14.0. The number of anilines is 3. The number of phenols is 1. The number of hydrogen-bond donors (Lipinski definition) is 1. The molecule has 2 aromatic carbocycles. The smallest absolute Gasteiger partial charge is 0.224 e. The number of phenolic OH excluding ortho intramolecular Hbond substituents is 1. The minimum absolute atomic E-state index is 0.0447. The van der Waals surface area contributed by atoms with E-state index in [0.717, 1.165) is 5.56 Å². The summed E-state index contributed by atoms with van der Waals surface area (Å²) in [5.41, 5.74) is 1.77. The van der Waals surface area contributed by atoms with Crippen molar-refractivity contribution in [3.63, 3.8) is 0 Å². The lowest BCUT2D eigenvalue weighted by Crippen LogP contribution is -2.21. The quantitative estimate of drug-likeness (QED) is 0.561. The highest BCUT2D eigenvalue weighted by molar-refractivity contribution is 7.92. The monoisotopic (exact) mass is 341 g/mol. The molecule has 0 radical (unpaired) electrons. The Balaban J connectivity index is 2.11. The number of nitrogens with zero attached hydrogens (tertiary/aromatic N) is 1. The Hall–Kier alpha value is -2.73. The largest absolute Gasteiger partial charge is 0.506 e. The van der Waals surface area contributed by atoms with E-state index in [0.29, 0.717) is 17.1 Å². The van der Waals surface area contributed by atoms with Crippen LogP contribution in [0.15, 0.2) is 62.7 Å². The van der Waals surface area contributed by atoms with Crippen LogP contribution >= 0.6 is 0 Å². The van der Waals surface area contributed by atoms with Gasteiger partial charge in [0.1, 0.15) is 16.4 Å². The fraction of sp³-hybridized carbons (Fsp3) is 0.111. The fourth-order valence-corrected chi connectivity index (χ4v) is 4.67. The summed E-state index contributed by atoms with van der Waals surface area (Å²) < 4.78 is 31.6. The van der Waals surface area contributed by atoms with E-state index < -0.39 is 9.84 Å². The molecular formula is C18H15NO4S. The Morgan fingerprint density at radius 2 is 1.71 bits per heavy atom. The zero-order chi connectivity index (χ0) is 17.1. The molecule has 2 heterocycles. The number of rotatable bonds is 1. The number of sulfone groups is 1. The van der Waals surface area contributed by atoms with Gasteiger partial charge in [-0.05, 0) is 43.7 Å². The van der Waals surface area contributed by atoms with Gasteiger partial charge in [-0.1, -0.05) is 18.2 Å². The molecule has 0 fully saturated rings. The third-order valence-corrected chi connectivity index (χ3v) is 5.84. The Morgan fingerprint density at radius 1 is 0.958 bits per heavy atom. The van der Waals surface area contributed by atoms with E-state index in [1.807, 2.05) is 13.0 Å². The standard InChI is InChI=1S/C18H15NO4S/c1-11-7-8-14-16(9-11)24(21,22)17-10-12(2)23-18(17)19(14)13-5-3-4-6-15(13)20/h3-10,20H,1-2H3. The number of benzene rings is 2. The molecule has 1 aliphatic heterocycles. The minimum atomic E-state index is -3.67. The molecule has 1 aliphatic rings. The van der Waals surface area contributed by atoms with Crippen molar-refractivity contribution in [1.82, 2.24) is 0 Å². The molecule has 0 bridgehead atoms. The highest BCUT2D eigenvalue weighted by Gasteiger charge is 2.38. The van der Waals surface area contributed by atoms with Crippen molar-refractivity contribution in [1.29, 1.82) is 0 Å². The zero-order valence-electron chi connectivity index (χ0n) is 13.1. The van der Waals surface area contributed by atoms with Gasteiger partial charge in [0.2, 0.25) is 15.7 Å². The van der Waals surface area contributed by atoms with Gasteiger partial charge in [-0.3, -0.25) is 4.90 Å².